The zero-order chi connectivity index (χ0) is 23.3. The molecule has 1 amide bonds. The first kappa shape index (κ1) is 23.7. The van der Waals surface area contributed by atoms with Gasteiger partial charge in [0.1, 0.15) is 5.82 Å². The normalized spacial score (nSPS) is 14.6. The second-order valence-electron chi connectivity index (χ2n) is 7.52. The molecule has 2 aromatic carbocycles. The van der Waals surface area contributed by atoms with Gasteiger partial charge in [0.15, 0.2) is 0 Å². The monoisotopic (exact) mass is 462 g/mol. The van der Waals surface area contributed by atoms with Crippen LogP contribution in [0.25, 0.3) is 0 Å². The first-order valence-corrected chi connectivity index (χ1v) is 10.5. The summed E-state index contributed by atoms with van der Waals surface area (Å²) in [6.45, 7) is 1.60. The van der Waals surface area contributed by atoms with Gasteiger partial charge in [-0.05, 0) is 56.3 Å². The van der Waals surface area contributed by atoms with Crippen molar-refractivity contribution in [3.63, 3.8) is 0 Å². The lowest BCUT2D eigenvalue weighted by atomic mass is 9.95. The van der Waals surface area contributed by atoms with Gasteiger partial charge in [-0.25, -0.2) is 14.0 Å². The van der Waals surface area contributed by atoms with Crippen molar-refractivity contribution in [2.45, 2.75) is 19.4 Å². The summed E-state index contributed by atoms with van der Waals surface area (Å²) >= 11 is 6.11. The number of nitrogens with one attached hydrogen (secondary N) is 1. The quantitative estimate of drug-likeness (QED) is 0.655. The van der Waals surface area contributed by atoms with Crippen molar-refractivity contribution >= 4 is 35.1 Å². The van der Waals surface area contributed by atoms with E-state index in [1.165, 1.54) is 38.5 Å². The summed E-state index contributed by atoms with van der Waals surface area (Å²) in [4.78, 5) is 38.7. The average Bonchev–Trinajstić information content (AvgIpc) is 2.80. The molecule has 3 rings (SSSR count). The number of amides is 1. The molecule has 0 unspecified atom stereocenters. The van der Waals surface area contributed by atoms with E-state index >= 15 is 0 Å². The Hall–Kier alpha value is -2.97. The van der Waals surface area contributed by atoms with E-state index in [1.54, 1.807) is 12.1 Å². The van der Waals surface area contributed by atoms with Crippen LogP contribution in [0.1, 0.15) is 39.1 Å². The van der Waals surface area contributed by atoms with Crippen LogP contribution >= 0.6 is 11.6 Å². The number of carbonyl (C=O) groups excluding carboxylic acids is 3. The molecule has 7 nitrogen and oxygen atoms in total. The van der Waals surface area contributed by atoms with Crippen LogP contribution in [-0.2, 0) is 20.8 Å². The lowest BCUT2D eigenvalue weighted by molar-refractivity contribution is -0.121. The number of carbonyl (C=O) groups is 3. The third-order valence-electron chi connectivity index (χ3n) is 5.44. The third-order valence-corrected chi connectivity index (χ3v) is 5.80. The van der Waals surface area contributed by atoms with Crippen molar-refractivity contribution in [2.75, 3.05) is 32.6 Å². The number of nitrogens with zero attached hydrogens (tertiary/aromatic N) is 1. The number of hydrogen-bond acceptors (Lipinski definition) is 6. The Bertz CT molecular complexity index is 967. The number of methoxy groups -OCH3 is 2. The molecule has 0 radical (unpaired) electrons. The number of esters is 2. The predicted molar refractivity (Wildman–Crippen MR) is 117 cm³/mol. The van der Waals surface area contributed by atoms with E-state index < -0.39 is 11.9 Å². The van der Waals surface area contributed by atoms with Crippen LogP contribution in [0.2, 0.25) is 5.02 Å². The Kier molecular flexibility index (Phi) is 7.82. The second-order valence-corrected chi connectivity index (χ2v) is 7.93. The molecule has 1 heterocycles. The maximum atomic E-state index is 14.0. The van der Waals surface area contributed by atoms with Crippen molar-refractivity contribution in [1.82, 2.24) is 4.90 Å². The van der Waals surface area contributed by atoms with Gasteiger partial charge in [-0.3, -0.25) is 9.69 Å². The minimum atomic E-state index is -0.633. The number of halogens is 2. The summed E-state index contributed by atoms with van der Waals surface area (Å²) in [6.07, 6.45) is 1.16. The highest BCUT2D eigenvalue weighted by Gasteiger charge is 2.26. The number of ether oxygens (including phenoxy) is 2. The molecule has 32 heavy (non-hydrogen) atoms. The minimum absolute atomic E-state index is 0.127. The Morgan fingerprint density at radius 1 is 1.06 bits per heavy atom. The van der Waals surface area contributed by atoms with Crippen LogP contribution in [0.4, 0.5) is 10.1 Å². The summed E-state index contributed by atoms with van der Waals surface area (Å²) in [5.41, 5.74) is 1.01. The zero-order valence-corrected chi connectivity index (χ0v) is 18.6. The molecule has 9 heteroatoms. The average molecular weight is 463 g/mol. The molecular weight excluding hydrogens is 439 g/mol. The SMILES string of the molecule is COC(=O)c1cc(NC(=O)C2CCN(Cc3c(F)cccc3Cl)CC2)cc(C(=O)OC)c1. The van der Waals surface area contributed by atoms with Crippen molar-refractivity contribution in [3.8, 4) is 0 Å². The van der Waals surface area contributed by atoms with Gasteiger partial charge < -0.3 is 14.8 Å². The molecule has 2 aromatic rings. The molecule has 0 aromatic heterocycles. The van der Waals surface area contributed by atoms with E-state index in [-0.39, 0.29) is 28.8 Å². The van der Waals surface area contributed by atoms with Crippen LogP contribution in [0.5, 0.6) is 0 Å². The number of rotatable bonds is 6. The van der Waals surface area contributed by atoms with Crippen molar-refractivity contribution in [3.05, 3.63) is 63.9 Å². The fraction of sp³-hybridized carbons (Fsp3) is 0.348. The molecule has 1 N–H and O–H groups in total. The Balaban J connectivity index is 1.64. The number of hydrogen-bond donors (Lipinski definition) is 1. The topological polar surface area (TPSA) is 84.9 Å². The molecule has 1 fully saturated rings. The van der Waals surface area contributed by atoms with Crippen LogP contribution in [0.15, 0.2) is 36.4 Å². The summed E-state index contributed by atoms with van der Waals surface area (Å²) < 4.78 is 23.5. The summed E-state index contributed by atoms with van der Waals surface area (Å²) in [6, 6.07) is 8.85. The predicted octanol–water partition coefficient (Wildman–Crippen LogP) is 3.90. The van der Waals surface area contributed by atoms with Crippen molar-refractivity contribution < 1.29 is 28.2 Å². The molecule has 0 aliphatic carbocycles. The Morgan fingerprint density at radius 3 is 2.19 bits per heavy atom. The highest BCUT2D eigenvalue weighted by molar-refractivity contribution is 6.31. The number of likely N-dealkylation sites (tertiary alicyclic amines) is 1. The summed E-state index contributed by atoms with van der Waals surface area (Å²) in [5, 5.41) is 3.16. The van der Waals surface area contributed by atoms with Gasteiger partial charge in [0, 0.05) is 28.7 Å². The second kappa shape index (κ2) is 10.6. The Morgan fingerprint density at radius 2 is 1.66 bits per heavy atom. The lowest BCUT2D eigenvalue weighted by Gasteiger charge is -2.31. The van der Waals surface area contributed by atoms with Gasteiger partial charge in [-0.15, -0.1) is 0 Å². The van der Waals surface area contributed by atoms with Gasteiger partial charge in [0.05, 0.1) is 25.3 Å². The standard InChI is InChI=1S/C23H24ClFN2O5/c1-31-22(29)15-10-16(23(30)32-2)12-17(11-15)26-21(28)14-6-8-27(9-7-14)13-18-19(24)4-3-5-20(18)25/h3-5,10-12,14H,6-9,13H2,1-2H3,(H,26,28). The maximum Gasteiger partial charge on any atom is 0.337 e. The van der Waals surface area contributed by atoms with E-state index in [1.807, 2.05) is 0 Å². The number of benzene rings is 2. The third kappa shape index (κ3) is 5.63. The molecule has 170 valence electrons. The van der Waals surface area contributed by atoms with E-state index in [0.717, 1.165) is 0 Å². The smallest absolute Gasteiger partial charge is 0.337 e. The Labute approximate surface area is 190 Å². The van der Waals surface area contributed by atoms with E-state index in [9.17, 15) is 18.8 Å². The maximum absolute atomic E-state index is 14.0. The molecule has 0 spiro atoms. The van der Waals surface area contributed by atoms with E-state index in [4.69, 9.17) is 21.1 Å². The minimum Gasteiger partial charge on any atom is -0.465 e. The first-order valence-electron chi connectivity index (χ1n) is 10.1. The highest BCUT2D eigenvalue weighted by atomic mass is 35.5. The van der Waals surface area contributed by atoms with E-state index in [2.05, 4.69) is 10.2 Å². The first-order chi connectivity index (χ1) is 15.3. The van der Waals surface area contributed by atoms with Crippen LogP contribution < -0.4 is 5.32 Å². The molecule has 0 atom stereocenters. The summed E-state index contributed by atoms with van der Waals surface area (Å²) in [5.74, 6) is -2.08. The van der Waals surface area contributed by atoms with Gasteiger partial charge >= 0.3 is 11.9 Å². The van der Waals surface area contributed by atoms with Gasteiger partial charge in [0.2, 0.25) is 5.91 Å². The molecule has 1 aliphatic rings. The van der Waals surface area contributed by atoms with Gasteiger partial charge in [0.25, 0.3) is 0 Å². The lowest BCUT2D eigenvalue weighted by Crippen LogP contribution is -2.38. The van der Waals surface area contributed by atoms with Crippen molar-refractivity contribution in [2.24, 2.45) is 5.92 Å². The molecule has 1 aliphatic heterocycles. The highest BCUT2D eigenvalue weighted by Crippen LogP contribution is 2.25. The largest absolute Gasteiger partial charge is 0.465 e. The van der Waals surface area contributed by atoms with Crippen LogP contribution in [-0.4, -0.2) is 50.1 Å². The fourth-order valence-electron chi connectivity index (χ4n) is 3.68. The number of piperidine rings is 1. The summed E-state index contributed by atoms with van der Waals surface area (Å²) in [7, 11) is 2.46. The van der Waals surface area contributed by atoms with Gasteiger partial charge in [-0.2, -0.15) is 0 Å². The zero-order valence-electron chi connectivity index (χ0n) is 17.8. The molecule has 1 saturated heterocycles. The van der Waals surface area contributed by atoms with Gasteiger partial charge in [-0.1, -0.05) is 17.7 Å². The number of anilines is 1. The molecule has 0 saturated carbocycles. The molecular formula is C23H24ClFN2O5. The van der Waals surface area contributed by atoms with Crippen molar-refractivity contribution in [1.29, 1.82) is 0 Å². The van der Waals surface area contributed by atoms with Crippen LogP contribution in [0.3, 0.4) is 0 Å². The van der Waals surface area contributed by atoms with E-state index in [0.29, 0.717) is 48.7 Å². The molecule has 0 bridgehead atoms. The van der Waals surface area contributed by atoms with Crippen LogP contribution in [0, 0.1) is 11.7 Å². The fourth-order valence-corrected chi connectivity index (χ4v) is 3.90.